The standard InChI is InChI=1S/C17H15N3O2/c21-17(12-22-14-4-2-1-3-5-14)20-11-13-6-7-15-16(10-13)19-9-8-18-15/h1-10H,11-12H2,(H,20,21). The van der Waals surface area contributed by atoms with E-state index in [1.807, 2.05) is 48.5 Å². The lowest BCUT2D eigenvalue weighted by atomic mass is 10.2. The molecular formula is C17H15N3O2. The minimum absolute atomic E-state index is 0.00258. The van der Waals surface area contributed by atoms with Gasteiger partial charge in [0.2, 0.25) is 0 Å². The lowest BCUT2D eigenvalue weighted by Gasteiger charge is -2.08. The second kappa shape index (κ2) is 6.67. The molecule has 2 aromatic carbocycles. The zero-order valence-corrected chi connectivity index (χ0v) is 11.9. The minimum Gasteiger partial charge on any atom is -0.484 e. The first-order valence-corrected chi connectivity index (χ1v) is 6.95. The molecule has 0 spiro atoms. The van der Waals surface area contributed by atoms with Gasteiger partial charge in [-0.1, -0.05) is 24.3 Å². The molecule has 0 fully saturated rings. The Kier molecular flexibility index (Phi) is 4.25. The highest BCUT2D eigenvalue weighted by molar-refractivity contribution is 5.78. The van der Waals surface area contributed by atoms with Crippen molar-refractivity contribution in [3.63, 3.8) is 0 Å². The maximum absolute atomic E-state index is 11.8. The van der Waals surface area contributed by atoms with Crippen molar-refractivity contribution < 1.29 is 9.53 Å². The van der Waals surface area contributed by atoms with Gasteiger partial charge < -0.3 is 10.1 Å². The molecular weight excluding hydrogens is 278 g/mol. The summed E-state index contributed by atoms with van der Waals surface area (Å²) < 4.78 is 5.39. The average Bonchev–Trinajstić information content (AvgIpc) is 2.59. The fourth-order valence-electron chi connectivity index (χ4n) is 2.04. The van der Waals surface area contributed by atoms with Gasteiger partial charge in [0.05, 0.1) is 11.0 Å². The Morgan fingerprint density at radius 1 is 1.00 bits per heavy atom. The number of carbonyl (C=O) groups excluding carboxylic acids is 1. The molecule has 0 saturated heterocycles. The van der Waals surface area contributed by atoms with Gasteiger partial charge in [-0.2, -0.15) is 0 Å². The third kappa shape index (κ3) is 3.58. The highest BCUT2D eigenvalue weighted by atomic mass is 16.5. The van der Waals surface area contributed by atoms with Crippen molar-refractivity contribution in [1.29, 1.82) is 0 Å². The largest absolute Gasteiger partial charge is 0.484 e. The van der Waals surface area contributed by atoms with Crippen molar-refractivity contribution in [2.45, 2.75) is 6.54 Å². The average molecular weight is 293 g/mol. The smallest absolute Gasteiger partial charge is 0.258 e. The highest BCUT2D eigenvalue weighted by Crippen LogP contribution is 2.11. The van der Waals surface area contributed by atoms with E-state index in [1.54, 1.807) is 12.4 Å². The van der Waals surface area contributed by atoms with Crippen molar-refractivity contribution in [2.24, 2.45) is 0 Å². The van der Waals surface area contributed by atoms with E-state index in [2.05, 4.69) is 15.3 Å². The summed E-state index contributed by atoms with van der Waals surface area (Å²) in [6, 6.07) is 15.0. The summed E-state index contributed by atoms with van der Waals surface area (Å²) in [5.74, 6) is 0.515. The van der Waals surface area contributed by atoms with E-state index in [-0.39, 0.29) is 12.5 Å². The summed E-state index contributed by atoms with van der Waals surface area (Å²) in [5.41, 5.74) is 2.63. The van der Waals surface area contributed by atoms with Gasteiger partial charge in [0.15, 0.2) is 6.61 Å². The number of para-hydroxylation sites is 1. The van der Waals surface area contributed by atoms with Crippen LogP contribution in [0.4, 0.5) is 0 Å². The summed E-state index contributed by atoms with van der Waals surface area (Å²) in [6.45, 7) is 0.431. The fraction of sp³-hybridized carbons (Fsp3) is 0.118. The molecule has 110 valence electrons. The quantitative estimate of drug-likeness (QED) is 0.784. The predicted molar refractivity (Wildman–Crippen MR) is 83.3 cm³/mol. The van der Waals surface area contributed by atoms with Crippen molar-refractivity contribution in [1.82, 2.24) is 15.3 Å². The van der Waals surface area contributed by atoms with Crippen LogP contribution in [0, 0.1) is 0 Å². The summed E-state index contributed by atoms with van der Waals surface area (Å²) in [7, 11) is 0. The zero-order valence-electron chi connectivity index (χ0n) is 11.9. The van der Waals surface area contributed by atoms with Crippen LogP contribution in [0.15, 0.2) is 60.9 Å². The Balaban J connectivity index is 1.53. The first-order valence-electron chi connectivity index (χ1n) is 6.95. The van der Waals surface area contributed by atoms with Gasteiger partial charge in [0.25, 0.3) is 5.91 Å². The van der Waals surface area contributed by atoms with Gasteiger partial charge in [0, 0.05) is 18.9 Å². The lowest BCUT2D eigenvalue weighted by molar-refractivity contribution is -0.123. The molecule has 3 aromatic rings. The maximum atomic E-state index is 11.8. The molecule has 3 rings (SSSR count). The number of aromatic nitrogens is 2. The van der Waals surface area contributed by atoms with Gasteiger partial charge in [-0.25, -0.2) is 0 Å². The molecule has 0 atom stereocenters. The molecule has 0 bridgehead atoms. The monoisotopic (exact) mass is 293 g/mol. The van der Waals surface area contributed by atoms with Gasteiger partial charge in [-0.05, 0) is 29.8 Å². The van der Waals surface area contributed by atoms with Crippen molar-refractivity contribution in [3.05, 3.63) is 66.5 Å². The van der Waals surface area contributed by atoms with Crippen LogP contribution >= 0.6 is 0 Å². The Hall–Kier alpha value is -2.95. The maximum Gasteiger partial charge on any atom is 0.258 e. The number of nitrogens with one attached hydrogen (secondary N) is 1. The van der Waals surface area contributed by atoms with Gasteiger partial charge in [0.1, 0.15) is 5.75 Å². The van der Waals surface area contributed by atoms with Crippen LogP contribution in [0.25, 0.3) is 11.0 Å². The summed E-state index contributed by atoms with van der Waals surface area (Å²) in [6.07, 6.45) is 3.31. The minimum atomic E-state index is -0.164. The van der Waals surface area contributed by atoms with E-state index in [9.17, 15) is 4.79 Å². The first-order chi connectivity index (χ1) is 10.8. The van der Waals surface area contributed by atoms with Crippen molar-refractivity contribution >= 4 is 16.9 Å². The van der Waals surface area contributed by atoms with Crippen LogP contribution in [-0.2, 0) is 11.3 Å². The molecule has 0 aliphatic rings. The number of nitrogens with zero attached hydrogens (tertiary/aromatic N) is 2. The van der Waals surface area contributed by atoms with E-state index in [0.29, 0.717) is 12.3 Å². The second-order valence-electron chi connectivity index (χ2n) is 4.76. The fourth-order valence-corrected chi connectivity index (χ4v) is 2.04. The van der Waals surface area contributed by atoms with Crippen LogP contribution in [-0.4, -0.2) is 22.5 Å². The van der Waals surface area contributed by atoms with Crippen LogP contribution in [0.2, 0.25) is 0 Å². The Bertz CT molecular complexity index is 775. The zero-order chi connectivity index (χ0) is 15.2. The van der Waals surface area contributed by atoms with Crippen LogP contribution in [0.3, 0.4) is 0 Å². The Morgan fingerprint density at radius 3 is 2.59 bits per heavy atom. The molecule has 1 N–H and O–H groups in total. The summed E-state index contributed by atoms with van der Waals surface area (Å²) in [5, 5.41) is 2.82. The molecule has 0 saturated carbocycles. The molecule has 1 amide bonds. The molecule has 0 radical (unpaired) electrons. The van der Waals surface area contributed by atoms with E-state index < -0.39 is 0 Å². The van der Waals surface area contributed by atoms with Gasteiger partial charge >= 0.3 is 0 Å². The van der Waals surface area contributed by atoms with E-state index in [0.717, 1.165) is 16.6 Å². The molecule has 5 nitrogen and oxygen atoms in total. The summed E-state index contributed by atoms with van der Waals surface area (Å²) >= 11 is 0. The van der Waals surface area contributed by atoms with Crippen LogP contribution in [0.1, 0.15) is 5.56 Å². The third-order valence-corrected chi connectivity index (χ3v) is 3.14. The second-order valence-corrected chi connectivity index (χ2v) is 4.76. The number of rotatable bonds is 5. The van der Waals surface area contributed by atoms with Gasteiger partial charge in [-0.3, -0.25) is 14.8 Å². The number of ether oxygens (including phenoxy) is 1. The molecule has 5 heteroatoms. The molecule has 22 heavy (non-hydrogen) atoms. The van der Waals surface area contributed by atoms with Gasteiger partial charge in [-0.15, -0.1) is 0 Å². The molecule has 1 heterocycles. The molecule has 0 unspecified atom stereocenters. The van der Waals surface area contributed by atoms with E-state index >= 15 is 0 Å². The third-order valence-electron chi connectivity index (χ3n) is 3.14. The molecule has 1 aromatic heterocycles. The molecule has 0 aliphatic carbocycles. The Labute approximate surface area is 128 Å². The summed E-state index contributed by atoms with van der Waals surface area (Å²) in [4.78, 5) is 20.2. The van der Waals surface area contributed by atoms with E-state index in [1.165, 1.54) is 0 Å². The predicted octanol–water partition coefficient (Wildman–Crippen LogP) is 2.33. The number of benzene rings is 2. The number of hydrogen-bond acceptors (Lipinski definition) is 4. The lowest BCUT2D eigenvalue weighted by Crippen LogP contribution is -2.28. The SMILES string of the molecule is O=C(COc1ccccc1)NCc1ccc2nccnc2c1. The van der Waals surface area contributed by atoms with Crippen molar-refractivity contribution in [2.75, 3.05) is 6.61 Å². The highest BCUT2D eigenvalue weighted by Gasteiger charge is 2.04. The normalized spacial score (nSPS) is 10.4. The Morgan fingerprint density at radius 2 is 1.77 bits per heavy atom. The van der Waals surface area contributed by atoms with Crippen LogP contribution in [0.5, 0.6) is 5.75 Å². The number of carbonyl (C=O) groups is 1. The van der Waals surface area contributed by atoms with E-state index in [4.69, 9.17) is 4.74 Å². The van der Waals surface area contributed by atoms with Crippen molar-refractivity contribution in [3.8, 4) is 5.75 Å². The van der Waals surface area contributed by atoms with Crippen LogP contribution < -0.4 is 10.1 Å². The molecule has 0 aliphatic heterocycles. The number of amides is 1. The number of fused-ring (bicyclic) bond motifs is 1. The topological polar surface area (TPSA) is 64.1 Å². The number of hydrogen-bond donors (Lipinski definition) is 1. The first kappa shape index (κ1) is 14.0.